The smallest absolute Gasteiger partial charge is 0.307 e. The van der Waals surface area contributed by atoms with Crippen molar-refractivity contribution in [3.63, 3.8) is 0 Å². The van der Waals surface area contributed by atoms with Crippen LogP contribution in [0.3, 0.4) is 0 Å². The average molecular weight is 311 g/mol. The van der Waals surface area contributed by atoms with Crippen molar-refractivity contribution in [1.29, 1.82) is 0 Å². The third kappa shape index (κ3) is 3.31. The lowest BCUT2D eigenvalue weighted by molar-refractivity contribution is -0.117. The number of carbonyl (C=O) groups is 2. The molecule has 2 amide bonds. The van der Waals surface area contributed by atoms with Gasteiger partial charge in [0, 0.05) is 18.7 Å². The van der Waals surface area contributed by atoms with E-state index < -0.39 is 5.91 Å². The lowest BCUT2D eigenvalue weighted by Crippen LogP contribution is -2.23. The minimum atomic E-state index is -0.395. The summed E-state index contributed by atoms with van der Waals surface area (Å²) in [5, 5.41) is 4.07. The molecule has 0 atom stereocenters. The van der Waals surface area contributed by atoms with Crippen molar-refractivity contribution < 1.29 is 14.0 Å². The van der Waals surface area contributed by atoms with Crippen LogP contribution in [0.2, 0.25) is 0 Å². The normalized spacial score (nSPS) is 15.1. The number of furan rings is 1. The molecule has 0 radical (unpaired) electrons. The Morgan fingerprint density at radius 1 is 1.26 bits per heavy atom. The average Bonchev–Trinajstić information content (AvgIpc) is 3.24. The van der Waals surface area contributed by atoms with Crippen LogP contribution in [0.1, 0.15) is 35.9 Å². The maximum Gasteiger partial charge on any atom is 0.307 e. The molecule has 2 aromatic rings. The van der Waals surface area contributed by atoms with Crippen molar-refractivity contribution in [3.05, 3.63) is 54.0 Å². The molecule has 1 saturated heterocycles. The third-order valence-electron chi connectivity index (χ3n) is 3.74. The molecule has 0 saturated carbocycles. The van der Waals surface area contributed by atoms with Gasteiger partial charge in [-0.05, 0) is 43.2 Å². The SMILES string of the molecule is C/C(=N/NC(=O)c1ccco1)c1ccc(N2CCCC2=O)cc1. The maximum atomic E-state index is 11.7. The van der Waals surface area contributed by atoms with E-state index in [0.717, 1.165) is 24.2 Å². The molecule has 0 bridgehead atoms. The minimum Gasteiger partial charge on any atom is -0.459 e. The highest BCUT2D eigenvalue weighted by atomic mass is 16.3. The lowest BCUT2D eigenvalue weighted by Gasteiger charge is -2.15. The predicted molar refractivity (Wildman–Crippen MR) is 86.4 cm³/mol. The van der Waals surface area contributed by atoms with Gasteiger partial charge in [-0.25, -0.2) is 5.43 Å². The Kier molecular flexibility index (Phi) is 4.23. The Morgan fingerprint density at radius 3 is 2.65 bits per heavy atom. The van der Waals surface area contributed by atoms with E-state index in [1.807, 2.05) is 24.3 Å². The minimum absolute atomic E-state index is 0.161. The molecule has 0 unspecified atom stereocenters. The zero-order valence-electron chi connectivity index (χ0n) is 12.8. The standard InChI is InChI=1S/C17H17N3O3/c1-12(18-19-17(22)15-4-3-11-23-15)13-6-8-14(9-7-13)20-10-2-5-16(20)21/h3-4,6-9,11H,2,5,10H2,1H3,(H,19,22)/b18-12-. The number of benzene rings is 1. The second-order valence-corrected chi connectivity index (χ2v) is 5.31. The van der Waals surface area contributed by atoms with Gasteiger partial charge in [-0.1, -0.05) is 12.1 Å². The number of hydrogen-bond acceptors (Lipinski definition) is 4. The molecule has 1 aliphatic heterocycles. The molecule has 1 aliphatic rings. The molecule has 6 nitrogen and oxygen atoms in total. The lowest BCUT2D eigenvalue weighted by atomic mass is 10.1. The highest BCUT2D eigenvalue weighted by Crippen LogP contribution is 2.21. The molecule has 1 fully saturated rings. The Hall–Kier alpha value is -2.89. The molecule has 0 aliphatic carbocycles. The zero-order valence-corrected chi connectivity index (χ0v) is 12.8. The van der Waals surface area contributed by atoms with E-state index in [-0.39, 0.29) is 11.7 Å². The summed E-state index contributed by atoms with van der Waals surface area (Å²) in [6, 6.07) is 10.8. The molecular formula is C17H17N3O3. The van der Waals surface area contributed by atoms with Crippen LogP contribution in [0.15, 0.2) is 52.2 Å². The van der Waals surface area contributed by atoms with Crippen molar-refractivity contribution in [2.24, 2.45) is 5.10 Å². The Balaban J connectivity index is 1.67. The van der Waals surface area contributed by atoms with Gasteiger partial charge in [0.1, 0.15) is 0 Å². The van der Waals surface area contributed by atoms with Crippen LogP contribution in [0.25, 0.3) is 0 Å². The molecule has 3 rings (SSSR count). The van der Waals surface area contributed by atoms with Crippen LogP contribution >= 0.6 is 0 Å². The highest BCUT2D eigenvalue weighted by Gasteiger charge is 2.21. The van der Waals surface area contributed by atoms with Gasteiger partial charge in [0.05, 0.1) is 12.0 Å². The second kappa shape index (κ2) is 6.48. The van der Waals surface area contributed by atoms with Crippen molar-refractivity contribution >= 4 is 23.2 Å². The summed E-state index contributed by atoms with van der Waals surface area (Å²) in [6.07, 6.45) is 2.95. The summed E-state index contributed by atoms with van der Waals surface area (Å²) in [7, 11) is 0. The predicted octanol–water partition coefficient (Wildman–Crippen LogP) is 2.56. The summed E-state index contributed by atoms with van der Waals surface area (Å²) < 4.78 is 5.00. The molecule has 118 valence electrons. The summed E-state index contributed by atoms with van der Waals surface area (Å²) in [4.78, 5) is 25.3. The van der Waals surface area contributed by atoms with E-state index in [0.29, 0.717) is 12.1 Å². The van der Waals surface area contributed by atoms with Gasteiger partial charge in [-0.2, -0.15) is 5.10 Å². The topological polar surface area (TPSA) is 74.9 Å². The van der Waals surface area contributed by atoms with Crippen molar-refractivity contribution in [2.45, 2.75) is 19.8 Å². The van der Waals surface area contributed by atoms with Crippen molar-refractivity contribution in [1.82, 2.24) is 5.43 Å². The second-order valence-electron chi connectivity index (χ2n) is 5.31. The van der Waals surface area contributed by atoms with Gasteiger partial charge < -0.3 is 9.32 Å². The van der Waals surface area contributed by atoms with E-state index in [4.69, 9.17) is 4.42 Å². The number of hydrogen-bond donors (Lipinski definition) is 1. The zero-order chi connectivity index (χ0) is 16.2. The van der Waals surface area contributed by atoms with Crippen LogP contribution < -0.4 is 10.3 Å². The number of carbonyl (C=O) groups excluding carboxylic acids is 2. The first-order valence-electron chi connectivity index (χ1n) is 7.44. The monoisotopic (exact) mass is 311 g/mol. The summed E-state index contributed by atoms with van der Waals surface area (Å²) >= 11 is 0. The van der Waals surface area contributed by atoms with Gasteiger partial charge in [-0.3, -0.25) is 9.59 Å². The van der Waals surface area contributed by atoms with E-state index in [1.54, 1.807) is 24.0 Å². The molecule has 2 heterocycles. The first-order valence-corrected chi connectivity index (χ1v) is 7.44. The first-order chi connectivity index (χ1) is 11.1. The van der Waals surface area contributed by atoms with Crippen LogP contribution in [0.5, 0.6) is 0 Å². The van der Waals surface area contributed by atoms with Gasteiger partial charge in [0.15, 0.2) is 5.76 Å². The van der Waals surface area contributed by atoms with Gasteiger partial charge in [0.25, 0.3) is 0 Å². The number of nitrogens with one attached hydrogen (secondary N) is 1. The molecule has 1 N–H and O–H groups in total. The Labute approximate surface area is 133 Å². The number of nitrogens with zero attached hydrogens (tertiary/aromatic N) is 2. The van der Waals surface area contributed by atoms with Crippen LogP contribution in [-0.2, 0) is 4.79 Å². The molecular weight excluding hydrogens is 294 g/mol. The Bertz CT molecular complexity index is 733. The highest BCUT2D eigenvalue weighted by molar-refractivity contribution is 6.01. The van der Waals surface area contributed by atoms with Gasteiger partial charge >= 0.3 is 5.91 Å². The molecule has 1 aromatic heterocycles. The fourth-order valence-electron chi connectivity index (χ4n) is 2.47. The van der Waals surface area contributed by atoms with E-state index in [1.165, 1.54) is 6.26 Å². The number of anilines is 1. The van der Waals surface area contributed by atoms with Crippen LogP contribution in [0.4, 0.5) is 5.69 Å². The van der Waals surface area contributed by atoms with Gasteiger partial charge in [0.2, 0.25) is 5.91 Å². The first kappa shape index (κ1) is 15.0. The largest absolute Gasteiger partial charge is 0.459 e. The van der Waals surface area contributed by atoms with Crippen molar-refractivity contribution in [2.75, 3.05) is 11.4 Å². The third-order valence-corrected chi connectivity index (χ3v) is 3.74. The fourth-order valence-corrected chi connectivity index (χ4v) is 2.47. The Morgan fingerprint density at radius 2 is 2.04 bits per heavy atom. The van der Waals surface area contributed by atoms with E-state index in [2.05, 4.69) is 10.5 Å². The quantitative estimate of drug-likeness (QED) is 0.696. The summed E-state index contributed by atoms with van der Waals surface area (Å²) in [5.74, 6) is -0.0214. The number of hydrazone groups is 1. The maximum absolute atomic E-state index is 11.7. The summed E-state index contributed by atoms with van der Waals surface area (Å²) in [6.45, 7) is 2.57. The fraction of sp³-hybridized carbons (Fsp3) is 0.235. The molecule has 23 heavy (non-hydrogen) atoms. The van der Waals surface area contributed by atoms with Gasteiger partial charge in [-0.15, -0.1) is 0 Å². The van der Waals surface area contributed by atoms with E-state index in [9.17, 15) is 9.59 Å². The molecule has 6 heteroatoms. The number of rotatable bonds is 4. The number of amides is 2. The summed E-state index contributed by atoms with van der Waals surface area (Å²) in [5.41, 5.74) is 4.89. The van der Waals surface area contributed by atoms with Crippen molar-refractivity contribution in [3.8, 4) is 0 Å². The van der Waals surface area contributed by atoms with Crippen LogP contribution in [0, 0.1) is 0 Å². The molecule has 1 aromatic carbocycles. The molecule has 0 spiro atoms. The van der Waals surface area contributed by atoms with E-state index >= 15 is 0 Å². The van der Waals surface area contributed by atoms with Crippen LogP contribution in [-0.4, -0.2) is 24.1 Å².